The highest BCUT2D eigenvalue weighted by Crippen LogP contribution is 2.21. The van der Waals surface area contributed by atoms with Gasteiger partial charge in [-0.25, -0.2) is 0 Å². The van der Waals surface area contributed by atoms with Crippen molar-refractivity contribution in [3.05, 3.63) is 0 Å². The molecule has 0 aliphatic carbocycles. The van der Waals surface area contributed by atoms with Crippen molar-refractivity contribution in [2.75, 3.05) is 45.8 Å². The zero-order valence-electron chi connectivity index (χ0n) is 12.9. The third kappa shape index (κ3) is 5.41. The SMILES string of the molecule is CCNCCCCCCN1CCCN2CCCC2C1. The van der Waals surface area contributed by atoms with E-state index >= 15 is 0 Å². The van der Waals surface area contributed by atoms with Crippen LogP contribution in [0.2, 0.25) is 0 Å². The lowest BCUT2D eigenvalue weighted by Crippen LogP contribution is -2.37. The fourth-order valence-electron chi connectivity index (χ4n) is 3.60. The number of hydrogen-bond donors (Lipinski definition) is 1. The Balaban J connectivity index is 1.53. The van der Waals surface area contributed by atoms with Gasteiger partial charge in [0.2, 0.25) is 0 Å². The molecule has 0 aromatic carbocycles. The fraction of sp³-hybridized carbons (Fsp3) is 1.00. The van der Waals surface area contributed by atoms with Crippen molar-refractivity contribution < 1.29 is 0 Å². The highest BCUT2D eigenvalue weighted by molar-refractivity contribution is 4.84. The first-order valence-corrected chi connectivity index (χ1v) is 8.57. The molecule has 0 aromatic rings. The second-order valence-corrected chi connectivity index (χ2v) is 6.25. The van der Waals surface area contributed by atoms with Crippen molar-refractivity contribution in [1.82, 2.24) is 15.1 Å². The van der Waals surface area contributed by atoms with Crippen LogP contribution in [0.1, 0.15) is 51.9 Å². The molecular weight excluding hydrogens is 234 g/mol. The Morgan fingerprint density at radius 2 is 1.84 bits per heavy atom. The van der Waals surface area contributed by atoms with Crippen LogP contribution in [-0.2, 0) is 0 Å². The molecule has 0 radical (unpaired) electrons. The molecule has 0 saturated carbocycles. The molecule has 3 nitrogen and oxygen atoms in total. The summed E-state index contributed by atoms with van der Waals surface area (Å²) in [5.74, 6) is 0. The van der Waals surface area contributed by atoms with E-state index in [1.807, 2.05) is 0 Å². The van der Waals surface area contributed by atoms with Gasteiger partial charge in [0.05, 0.1) is 0 Å². The van der Waals surface area contributed by atoms with E-state index in [-0.39, 0.29) is 0 Å². The maximum atomic E-state index is 3.41. The van der Waals surface area contributed by atoms with Crippen molar-refractivity contribution in [2.24, 2.45) is 0 Å². The number of fused-ring (bicyclic) bond motifs is 1. The topological polar surface area (TPSA) is 18.5 Å². The summed E-state index contributed by atoms with van der Waals surface area (Å²) in [7, 11) is 0. The van der Waals surface area contributed by atoms with Gasteiger partial charge < -0.3 is 10.2 Å². The molecule has 0 amide bonds. The van der Waals surface area contributed by atoms with Gasteiger partial charge in [-0.1, -0.05) is 19.8 Å². The van der Waals surface area contributed by atoms with Crippen molar-refractivity contribution >= 4 is 0 Å². The van der Waals surface area contributed by atoms with Crippen LogP contribution in [0.15, 0.2) is 0 Å². The summed E-state index contributed by atoms with van der Waals surface area (Å²) in [5, 5.41) is 3.41. The molecule has 2 aliphatic rings. The van der Waals surface area contributed by atoms with Crippen molar-refractivity contribution in [1.29, 1.82) is 0 Å². The molecule has 2 fully saturated rings. The minimum Gasteiger partial charge on any atom is -0.317 e. The first-order valence-electron chi connectivity index (χ1n) is 8.57. The van der Waals surface area contributed by atoms with Gasteiger partial charge >= 0.3 is 0 Å². The van der Waals surface area contributed by atoms with E-state index in [0.717, 1.165) is 12.6 Å². The maximum absolute atomic E-state index is 3.41. The highest BCUT2D eigenvalue weighted by Gasteiger charge is 2.28. The first-order chi connectivity index (χ1) is 9.40. The van der Waals surface area contributed by atoms with Crippen LogP contribution < -0.4 is 5.32 Å². The quantitative estimate of drug-likeness (QED) is 0.681. The molecule has 1 unspecified atom stereocenters. The van der Waals surface area contributed by atoms with Gasteiger partial charge in [0.1, 0.15) is 0 Å². The second kappa shape index (κ2) is 8.93. The Morgan fingerprint density at radius 3 is 2.74 bits per heavy atom. The Kier molecular flexibility index (Phi) is 7.18. The standard InChI is InChI=1S/C16H33N3/c1-2-17-10-5-3-4-6-11-18-12-8-14-19-13-7-9-16(19)15-18/h16-17H,2-15H2,1H3. The van der Waals surface area contributed by atoms with Crippen molar-refractivity contribution in [3.8, 4) is 0 Å². The van der Waals surface area contributed by atoms with Crippen LogP contribution in [0.5, 0.6) is 0 Å². The summed E-state index contributed by atoms with van der Waals surface area (Å²) in [6, 6.07) is 0.885. The minimum absolute atomic E-state index is 0.885. The third-order valence-corrected chi connectivity index (χ3v) is 4.72. The Bertz CT molecular complexity index is 232. The Labute approximate surface area is 119 Å². The van der Waals surface area contributed by atoms with E-state index in [0.29, 0.717) is 0 Å². The molecule has 19 heavy (non-hydrogen) atoms. The van der Waals surface area contributed by atoms with E-state index in [1.165, 1.54) is 84.2 Å². The number of unbranched alkanes of at least 4 members (excludes halogenated alkanes) is 3. The van der Waals surface area contributed by atoms with Gasteiger partial charge in [0.25, 0.3) is 0 Å². The van der Waals surface area contributed by atoms with Crippen LogP contribution in [-0.4, -0.2) is 61.7 Å². The van der Waals surface area contributed by atoms with Crippen LogP contribution in [0.4, 0.5) is 0 Å². The van der Waals surface area contributed by atoms with Crippen molar-refractivity contribution in [2.45, 2.75) is 57.9 Å². The van der Waals surface area contributed by atoms with Gasteiger partial charge in [0.15, 0.2) is 0 Å². The Hall–Kier alpha value is -0.120. The van der Waals surface area contributed by atoms with Gasteiger partial charge in [-0.05, 0) is 71.4 Å². The fourth-order valence-corrected chi connectivity index (χ4v) is 3.60. The molecular formula is C16H33N3. The van der Waals surface area contributed by atoms with E-state index in [9.17, 15) is 0 Å². The monoisotopic (exact) mass is 267 g/mol. The van der Waals surface area contributed by atoms with E-state index < -0.39 is 0 Å². The summed E-state index contributed by atoms with van der Waals surface area (Å²) in [6.07, 6.45) is 9.83. The van der Waals surface area contributed by atoms with Gasteiger partial charge in [-0.15, -0.1) is 0 Å². The molecule has 2 aliphatic heterocycles. The molecule has 1 N–H and O–H groups in total. The minimum atomic E-state index is 0.885. The van der Waals surface area contributed by atoms with E-state index in [4.69, 9.17) is 0 Å². The van der Waals surface area contributed by atoms with Crippen LogP contribution in [0, 0.1) is 0 Å². The smallest absolute Gasteiger partial charge is 0.0223 e. The summed E-state index contributed by atoms with van der Waals surface area (Å²) in [4.78, 5) is 5.47. The first kappa shape index (κ1) is 15.3. The molecule has 112 valence electrons. The van der Waals surface area contributed by atoms with E-state index in [1.54, 1.807) is 0 Å². The summed E-state index contributed by atoms with van der Waals surface area (Å²) < 4.78 is 0. The number of hydrogen-bond acceptors (Lipinski definition) is 3. The lowest BCUT2D eigenvalue weighted by molar-refractivity contribution is 0.217. The molecule has 2 rings (SSSR count). The highest BCUT2D eigenvalue weighted by atomic mass is 15.3. The zero-order valence-corrected chi connectivity index (χ0v) is 12.9. The predicted octanol–water partition coefficient (Wildman–Crippen LogP) is 2.33. The normalized spacial score (nSPS) is 25.4. The van der Waals surface area contributed by atoms with Gasteiger partial charge in [0, 0.05) is 12.6 Å². The lowest BCUT2D eigenvalue weighted by Gasteiger charge is -2.25. The number of nitrogens with zero attached hydrogens (tertiary/aromatic N) is 2. The zero-order chi connectivity index (χ0) is 13.3. The molecule has 3 heteroatoms. The average molecular weight is 267 g/mol. The predicted molar refractivity (Wildman–Crippen MR) is 82.7 cm³/mol. The molecule has 1 atom stereocenters. The van der Waals surface area contributed by atoms with Crippen molar-refractivity contribution in [3.63, 3.8) is 0 Å². The van der Waals surface area contributed by atoms with Crippen LogP contribution in [0.3, 0.4) is 0 Å². The van der Waals surface area contributed by atoms with Crippen LogP contribution >= 0.6 is 0 Å². The largest absolute Gasteiger partial charge is 0.317 e. The third-order valence-electron chi connectivity index (χ3n) is 4.72. The van der Waals surface area contributed by atoms with E-state index in [2.05, 4.69) is 22.0 Å². The number of nitrogens with one attached hydrogen (secondary N) is 1. The molecule has 0 aromatic heterocycles. The summed E-state index contributed by atoms with van der Waals surface area (Å²) in [6.45, 7) is 11.2. The molecule has 0 bridgehead atoms. The molecule has 2 heterocycles. The second-order valence-electron chi connectivity index (χ2n) is 6.25. The summed E-state index contributed by atoms with van der Waals surface area (Å²) >= 11 is 0. The van der Waals surface area contributed by atoms with Gasteiger partial charge in [-0.3, -0.25) is 4.90 Å². The molecule has 2 saturated heterocycles. The number of rotatable bonds is 8. The maximum Gasteiger partial charge on any atom is 0.0223 e. The summed E-state index contributed by atoms with van der Waals surface area (Å²) in [5.41, 5.74) is 0. The van der Waals surface area contributed by atoms with Crippen LogP contribution in [0.25, 0.3) is 0 Å². The Morgan fingerprint density at radius 1 is 1.00 bits per heavy atom. The van der Waals surface area contributed by atoms with Gasteiger partial charge in [-0.2, -0.15) is 0 Å². The average Bonchev–Trinajstić information content (AvgIpc) is 2.76. The molecule has 0 spiro atoms. The lowest BCUT2D eigenvalue weighted by atomic mass is 10.1.